The first-order valence-electron chi connectivity index (χ1n) is 8.49. The van der Waals surface area contributed by atoms with E-state index in [2.05, 4.69) is 53.4 Å². The minimum atomic E-state index is 0.535. The smallest absolute Gasteiger partial charge is 0.119 e. The normalized spacial score (nSPS) is 21.5. The lowest BCUT2D eigenvalue weighted by Gasteiger charge is -2.17. The van der Waals surface area contributed by atoms with Gasteiger partial charge in [-0.25, -0.2) is 0 Å². The number of rotatable bonds is 6. The molecule has 2 atom stereocenters. The van der Waals surface area contributed by atoms with Crippen LogP contribution < -0.4 is 10.5 Å². The second-order valence-electron chi connectivity index (χ2n) is 6.29. The minimum absolute atomic E-state index is 0.535. The van der Waals surface area contributed by atoms with Crippen LogP contribution in [0.1, 0.15) is 24.0 Å². The van der Waals surface area contributed by atoms with Gasteiger partial charge in [0.2, 0.25) is 0 Å². The van der Waals surface area contributed by atoms with Gasteiger partial charge in [-0.1, -0.05) is 42.5 Å². The molecular weight excluding hydrogens is 284 g/mol. The summed E-state index contributed by atoms with van der Waals surface area (Å²) < 4.78 is 5.61. The van der Waals surface area contributed by atoms with Crippen molar-refractivity contribution in [2.24, 2.45) is 11.7 Å². The predicted molar refractivity (Wildman–Crippen MR) is 94.6 cm³/mol. The number of nitrogens with two attached hydrogens (primary N) is 1. The van der Waals surface area contributed by atoms with Crippen LogP contribution in [0.25, 0.3) is 0 Å². The van der Waals surface area contributed by atoms with Gasteiger partial charge in [0.25, 0.3) is 0 Å². The summed E-state index contributed by atoms with van der Waals surface area (Å²) in [4.78, 5) is 2.51. The average Bonchev–Trinajstić information content (AvgIpc) is 2.99. The Morgan fingerprint density at radius 1 is 1.09 bits per heavy atom. The zero-order chi connectivity index (χ0) is 16.1. The topological polar surface area (TPSA) is 38.5 Å². The van der Waals surface area contributed by atoms with E-state index in [-0.39, 0.29) is 0 Å². The van der Waals surface area contributed by atoms with Crippen LogP contribution in [0.3, 0.4) is 0 Å². The fraction of sp³-hybridized carbons (Fsp3) is 0.400. The van der Waals surface area contributed by atoms with Crippen molar-refractivity contribution >= 4 is 0 Å². The van der Waals surface area contributed by atoms with Crippen molar-refractivity contribution in [2.75, 3.05) is 26.2 Å². The van der Waals surface area contributed by atoms with Gasteiger partial charge in [-0.2, -0.15) is 0 Å². The molecule has 0 aliphatic carbocycles. The molecule has 1 saturated heterocycles. The minimum Gasteiger partial charge on any atom is -0.494 e. The van der Waals surface area contributed by atoms with Crippen LogP contribution >= 0.6 is 0 Å². The molecule has 0 spiro atoms. The molecule has 2 aromatic rings. The van der Waals surface area contributed by atoms with Gasteiger partial charge in [0, 0.05) is 25.6 Å². The summed E-state index contributed by atoms with van der Waals surface area (Å²) in [6, 6.07) is 19.2. The molecule has 2 aromatic carbocycles. The summed E-state index contributed by atoms with van der Waals surface area (Å²) in [6.07, 6.45) is 0. The summed E-state index contributed by atoms with van der Waals surface area (Å²) in [6.45, 7) is 6.57. The third kappa shape index (κ3) is 3.92. The number of nitrogens with zero attached hydrogens (tertiary/aromatic N) is 1. The molecule has 3 heteroatoms. The van der Waals surface area contributed by atoms with E-state index in [1.54, 1.807) is 0 Å². The van der Waals surface area contributed by atoms with E-state index in [1.807, 2.05) is 13.0 Å². The van der Waals surface area contributed by atoms with Crippen LogP contribution in [-0.2, 0) is 6.54 Å². The quantitative estimate of drug-likeness (QED) is 0.890. The molecule has 1 aliphatic heterocycles. The second kappa shape index (κ2) is 7.62. The van der Waals surface area contributed by atoms with Gasteiger partial charge in [-0.15, -0.1) is 0 Å². The predicted octanol–water partition coefficient (Wildman–Crippen LogP) is 3.26. The Balaban J connectivity index is 1.69. The van der Waals surface area contributed by atoms with Crippen LogP contribution in [0.2, 0.25) is 0 Å². The molecule has 2 N–H and O–H groups in total. The van der Waals surface area contributed by atoms with E-state index in [0.717, 1.165) is 31.9 Å². The van der Waals surface area contributed by atoms with Crippen LogP contribution in [0.4, 0.5) is 0 Å². The largest absolute Gasteiger partial charge is 0.494 e. The number of hydrogen-bond acceptors (Lipinski definition) is 3. The zero-order valence-electron chi connectivity index (χ0n) is 13.8. The van der Waals surface area contributed by atoms with Gasteiger partial charge in [-0.3, -0.25) is 4.90 Å². The summed E-state index contributed by atoms with van der Waals surface area (Å²) >= 11 is 0. The van der Waals surface area contributed by atoms with Gasteiger partial charge in [0.05, 0.1) is 6.61 Å². The number of benzene rings is 2. The van der Waals surface area contributed by atoms with Gasteiger partial charge < -0.3 is 10.5 Å². The molecule has 0 unspecified atom stereocenters. The maximum absolute atomic E-state index is 6.03. The Morgan fingerprint density at radius 2 is 1.91 bits per heavy atom. The van der Waals surface area contributed by atoms with Crippen LogP contribution in [0, 0.1) is 5.92 Å². The number of hydrogen-bond donors (Lipinski definition) is 1. The lowest BCUT2D eigenvalue weighted by molar-refractivity contribution is 0.313. The molecule has 0 amide bonds. The highest BCUT2D eigenvalue weighted by molar-refractivity contribution is 5.29. The van der Waals surface area contributed by atoms with E-state index in [1.165, 1.54) is 11.1 Å². The third-order valence-corrected chi connectivity index (χ3v) is 4.66. The first kappa shape index (κ1) is 16.0. The molecule has 3 rings (SSSR count). The van der Waals surface area contributed by atoms with Gasteiger partial charge >= 0.3 is 0 Å². The van der Waals surface area contributed by atoms with Crippen molar-refractivity contribution in [3.63, 3.8) is 0 Å². The SMILES string of the molecule is CCOc1cccc(CN2C[C@@H](CN)[C@H](c3ccccc3)C2)c1. The molecule has 23 heavy (non-hydrogen) atoms. The van der Waals surface area contributed by atoms with E-state index in [4.69, 9.17) is 10.5 Å². The fourth-order valence-electron chi connectivity index (χ4n) is 3.56. The van der Waals surface area contributed by atoms with Crippen molar-refractivity contribution in [1.29, 1.82) is 0 Å². The Hall–Kier alpha value is -1.84. The van der Waals surface area contributed by atoms with Crippen LogP contribution in [-0.4, -0.2) is 31.1 Å². The van der Waals surface area contributed by atoms with E-state index < -0.39 is 0 Å². The number of likely N-dealkylation sites (tertiary alicyclic amines) is 1. The lowest BCUT2D eigenvalue weighted by Crippen LogP contribution is -2.23. The Kier molecular flexibility index (Phi) is 5.31. The van der Waals surface area contributed by atoms with Crippen molar-refractivity contribution in [1.82, 2.24) is 4.90 Å². The lowest BCUT2D eigenvalue weighted by atomic mass is 9.89. The molecule has 0 saturated carbocycles. The molecule has 3 nitrogen and oxygen atoms in total. The van der Waals surface area contributed by atoms with Gasteiger partial charge in [0.1, 0.15) is 5.75 Å². The van der Waals surface area contributed by atoms with E-state index >= 15 is 0 Å². The standard InChI is InChI=1S/C20H26N2O/c1-2-23-19-10-6-7-16(11-19)13-22-14-18(12-21)20(15-22)17-8-4-3-5-9-17/h3-11,18,20H,2,12-15,21H2,1H3/t18-,20+/m1/s1. The first-order valence-corrected chi connectivity index (χ1v) is 8.49. The van der Waals surface area contributed by atoms with Crippen molar-refractivity contribution < 1.29 is 4.74 Å². The maximum Gasteiger partial charge on any atom is 0.119 e. The molecule has 0 bridgehead atoms. The molecule has 0 aromatic heterocycles. The van der Waals surface area contributed by atoms with E-state index in [9.17, 15) is 0 Å². The summed E-state index contributed by atoms with van der Waals surface area (Å²) in [5.74, 6) is 2.03. The highest BCUT2D eigenvalue weighted by atomic mass is 16.5. The third-order valence-electron chi connectivity index (χ3n) is 4.66. The van der Waals surface area contributed by atoms with Crippen molar-refractivity contribution in [2.45, 2.75) is 19.4 Å². The van der Waals surface area contributed by atoms with Gasteiger partial charge in [0.15, 0.2) is 0 Å². The monoisotopic (exact) mass is 310 g/mol. The molecule has 0 radical (unpaired) electrons. The van der Waals surface area contributed by atoms with Crippen molar-refractivity contribution in [3.8, 4) is 5.75 Å². The van der Waals surface area contributed by atoms with Crippen LogP contribution in [0.5, 0.6) is 5.75 Å². The molecule has 1 fully saturated rings. The van der Waals surface area contributed by atoms with E-state index in [0.29, 0.717) is 18.4 Å². The fourth-order valence-corrected chi connectivity index (χ4v) is 3.56. The van der Waals surface area contributed by atoms with Crippen LogP contribution in [0.15, 0.2) is 54.6 Å². The molecular formula is C20H26N2O. The summed E-state index contributed by atoms with van der Waals surface area (Å²) in [5, 5.41) is 0. The summed E-state index contributed by atoms with van der Waals surface area (Å²) in [5.41, 5.74) is 8.75. The van der Waals surface area contributed by atoms with Gasteiger partial charge in [-0.05, 0) is 42.6 Å². The Morgan fingerprint density at radius 3 is 2.65 bits per heavy atom. The number of ether oxygens (including phenoxy) is 1. The molecule has 1 aliphatic rings. The molecule has 122 valence electrons. The van der Waals surface area contributed by atoms with Crippen molar-refractivity contribution in [3.05, 3.63) is 65.7 Å². The highest BCUT2D eigenvalue weighted by Crippen LogP contribution is 2.33. The highest BCUT2D eigenvalue weighted by Gasteiger charge is 2.32. The average molecular weight is 310 g/mol. The Bertz CT molecular complexity index is 614. The Labute approximate surface area is 139 Å². The zero-order valence-corrected chi connectivity index (χ0v) is 13.8. The second-order valence-corrected chi connectivity index (χ2v) is 6.29. The molecule has 1 heterocycles. The maximum atomic E-state index is 6.03. The summed E-state index contributed by atoms with van der Waals surface area (Å²) in [7, 11) is 0. The first-order chi connectivity index (χ1) is 11.3.